The summed E-state index contributed by atoms with van der Waals surface area (Å²) in [4.78, 5) is 14.9. The first kappa shape index (κ1) is 18.4. The van der Waals surface area contributed by atoms with Gasteiger partial charge in [-0.15, -0.1) is 0 Å². The Morgan fingerprint density at radius 1 is 1.38 bits per heavy atom. The molecule has 1 aliphatic rings. The molecule has 0 radical (unpaired) electrons. The van der Waals surface area contributed by atoms with E-state index in [1.165, 1.54) is 0 Å². The Kier molecular flexibility index (Phi) is 7.67. The summed E-state index contributed by atoms with van der Waals surface area (Å²) in [5.74, 6) is 0.176. The summed E-state index contributed by atoms with van der Waals surface area (Å²) in [6.07, 6.45) is 4.48. The van der Waals surface area contributed by atoms with Crippen molar-refractivity contribution in [2.24, 2.45) is 5.41 Å². The van der Waals surface area contributed by atoms with Crippen LogP contribution in [-0.4, -0.2) is 49.1 Å². The molecule has 4 heteroatoms. The molecule has 124 valence electrons. The highest BCUT2D eigenvalue weighted by atomic mass is 16.2. The average Bonchev–Trinajstić information content (AvgIpc) is 2.43. The fourth-order valence-electron chi connectivity index (χ4n) is 3.22. The lowest BCUT2D eigenvalue weighted by Gasteiger charge is -2.38. The van der Waals surface area contributed by atoms with Crippen LogP contribution < -0.4 is 10.6 Å². The minimum absolute atomic E-state index is 0.0449. The van der Waals surface area contributed by atoms with Gasteiger partial charge in [0.2, 0.25) is 5.91 Å². The van der Waals surface area contributed by atoms with Gasteiger partial charge in [0.05, 0.1) is 6.04 Å². The molecule has 0 aliphatic carbocycles. The van der Waals surface area contributed by atoms with Crippen molar-refractivity contribution in [1.29, 1.82) is 0 Å². The van der Waals surface area contributed by atoms with Gasteiger partial charge in [-0.3, -0.25) is 4.79 Å². The van der Waals surface area contributed by atoms with Gasteiger partial charge in [-0.1, -0.05) is 27.7 Å². The molecule has 0 spiro atoms. The predicted octanol–water partition coefficient (Wildman–Crippen LogP) is 2.39. The van der Waals surface area contributed by atoms with Gasteiger partial charge in [0.1, 0.15) is 0 Å². The largest absolute Gasteiger partial charge is 0.352 e. The van der Waals surface area contributed by atoms with Crippen LogP contribution in [0, 0.1) is 5.41 Å². The summed E-state index contributed by atoms with van der Waals surface area (Å²) in [6, 6.07) is 0.212. The van der Waals surface area contributed by atoms with Gasteiger partial charge in [0.15, 0.2) is 0 Å². The zero-order chi connectivity index (χ0) is 15.9. The molecule has 2 atom stereocenters. The molecule has 1 aliphatic heterocycles. The molecule has 0 bridgehead atoms. The van der Waals surface area contributed by atoms with Crippen molar-refractivity contribution in [2.75, 3.05) is 26.2 Å². The molecule has 4 nitrogen and oxygen atoms in total. The number of piperidine rings is 1. The third kappa shape index (κ3) is 5.95. The van der Waals surface area contributed by atoms with Crippen molar-refractivity contribution in [3.63, 3.8) is 0 Å². The van der Waals surface area contributed by atoms with E-state index in [1.807, 2.05) is 0 Å². The monoisotopic (exact) mass is 297 g/mol. The predicted molar refractivity (Wildman–Crippen MR) is 89.4 cm³/mol. The van der Waals surface area contributed by atoms with Crippen LogP contribution in [0.25, 0.3) is 0 Å². The highest BCUT2D eigenvalue weighted by Gasteiger charge is 2.37. The Morgan fingerprint density at radius 3 is 2.62 bits per heavy atom. The highest BCUT2D eigenvalue weighted by Crippen LogP contribution is 2.30. The van der Waals surface area contributed by atoms with E-state index in [0.717, 1.165) is 51.9 Å². The summed E-state index contributed by atoms with van der Waals surface area (Å²) < 4.78 is 0. The molecule has 1 heterocycles. The first-order valence-corrected chi connectivity index (χ1v) is 8.66. The van der Waals surface area contributed by atoms with Crippen LogP contribution in [0.3, 0.4) is 0 Å². The summed E-state index contributed by atoms with van der Waals surface area (Å²) in [7, 11) is 0. The zero-order valence-electron chi connectivity index (χ0n) is 14.7. The Balaban J connectivity index is 2.33. The number of nitrogens with zero attached hydrogens (tertiary/aromatic N) is 1. The molecular formula is C17H35N3O. The van der Waals surface area contributed by atoms with Crippen LogP contribution >= 0.6 is 0 Å². The smallest absolute Gasteiger partial charge is 0.237 e. The van der Waals surface area contributed by atoms with Gasteiger partial charge in [-0.2, -0.15) is 0 Å². The summed E-state index contributed by atoms with van der Waals surface area (Å²) in [5, 5.41) is 6.58. The van der Waals surface area contributed by atoms with Crippen LogP contribution in [0.4, 0.5) is 0 Å². The SMILES string of the molecule is CCN(CC)CCCC(C)NC(=O)C1NCCCC1(C)C. The Morgan fingerprint density at radius 2 is 2.05 bits per heavy atom. The molecule has 2 N–H and O–H groups in total. The summed E-state index contributed by atoms with van der Waals surface area (Å²) >= 11 is 0. The second kappa shape index (κ2) is 8.74. The van der Waals surface area contributed by atoms with Crippen LogP contribution in [0.15, 0.2) is 0 Å². The summed E-state index contributed by atoms with van der Waals surface area (Å²) in [6.45, 7) is 15.2. The average molecular weight is 297 g/mol. The van der Waals surface area contributed by atoms with E-state index in [2.05, 4.69) is 50.2 Å². The first-order valence-electron chi connectivity index (χ1n) is 8.66. The van der Waals surface area contributed by atoms with Crippen LogP contribution in [0.1, 0.15) is 60.3 Å². The number of rotatable bonds is 8. The molecule has 1 fully saturated rings. The van der Waals surface area contributed by atoms with E-state index in [1.54, 1.807) is 0 Å². The van der Waals surface area contributed by atoms with Gasteiger partial charge in [0, 0.05) is 6.04 Å². The number of amides is 1. The summed E-state index contributed by atoms with van der Waals surface area (Å²) in [5.41, 5.74) is 0.0588. The fourth-order valence-corrected chi connectivity index (χ4v) is 3.22. The Labute approximate surface area is 131 Å². The van der Waals surface area contributed by atoms with Gasteiger partial charge >= 0.3 is 0 Å². The third-order valence-corrected chi connectivity index (χ3v) is 4.78. The van der Waals surface area contributed by atoms with Gasteiger partial charge in [0.25, 0.3) is 0 Å². The lowest BCUT2D eigenvalue weighted by atomic mass is 9.77. The van der Waals surface area contributed by atoms with Crippen molar-refractivity contribution in [2.45, 2.75) is 72.4 Å². The standard InChI is InChI=1S/C17H35N3O/c1-6-20(7-2)13-8-10-14(3)19-16(21)15-17(4,5)11-9-12-18-15/h14-15,18H,6-13H2,1-5H3,(H,19,21). The molecule has 0 aromatic carbocycles. The molecule has 1 rings (SSSR count). The molecule has 21 heavy (non-hydrogen) atoms. The van der Waals surface area contributed by atoms with E-state index < -0.39 is 0 Å². The number of hydrogen-bond donors (Lipinski definition) is 2. The lowest BCUT2D eigenvalue weighted by Crippen LogP contribution is -2.56. The van der Waals surface area contributed by atoms with Gasteiger partial charge in [-0.05, 0) is 64.2 Å². The van der Waals surface area contributed by atoms with E-state index in [-0.39, 0.29) is 23.4 Å². The zero-order valence-corrected chi connectivity index (χ0v) is 14.7. The maximum absolute atomic E-state index is 12.4. The third-order valence-electron chi connectivity index (χ3n) is 4.78. The topological polar surface area (TPSA) is 44.4 Å². The number of carbonyl (C=O) groups excluding carboxylic acids is 1. The van der Waals surface area contributed by atoms with E-state index >= 15 is 0 Å². The van der Waals surface area contributed by atoms with Crippen molar-refractivity contribution in [1.82, 2.24) is 15.5 Å². The normalized spacial score (nSPS) is 23.0. The molecule has 1 saturated heterocycles. The van der Waals surface area contributed by atoms with Crippen LogP contribution in [0.5, 0.6) is 0 Å². The maximum Gasteiger partial charge on any atom is 0.237 e. The molecule has 0 saturated carbocycles. The van der Waals surface area contributed by atoms with Gasteiger partial charge in [-0.25, -0.2) is 0 Å². The lowest BCUT2D eigenvalue weighted by molar-refractivity contribution is -0.127. The number of hydrogen-bond acceptors (Lipinski definition) is 3. The Bertz CT molecular complexity index is 313. The second-order valence-electron chi connectivity index (χ2n) is 7.06. The maximum atomic E-state index is 12.4. The van der Waals surface area contributed by atoms with E-state index in [4.69, 9.17) is 0 Å². The van der Waals surface area contributed by atoms with E-state index in [0.29, 0.717) is 0 Å². The first-order chi connectivity index (χ1) is 9.90. The van der Waals surface area contributed by atoms with Crippen molar-refractivity contribution < 1.29 is 4.79 Å². The molecular weight excluding hydrogens is 262 g/mol. The van der Waals surface area contributed by atoms with Crippen LogP contribution in [0.2, 0.25) is 0 Å². The fraction of sp³-hybridized carbons (Fsp3) is 0.941. The second-order valence-corrected chi connectivity index (χ2v) is 7.06. The van der Waals surface area contributed by atoms with Gasteiger partial charge < -0.3 is 15.5 Å². The minimum Gasteiger partial charge on any atom is -0.352 e. The van der Waals surface area contributed by atoms with E-state index in [9.17, 15) is 4.79 Å². The number of nitrogens with one attached hydrogen (secondary N) is 2. The van der Waals surface area contributed by atoms with Crippen molar-refractivity contribution in [3.05, 3.63) is 0 Å². The van der Waals surface area contributed by atoms with Crippen molar-refractivity contribution >= 4 is 5.91 Å². The van der Waals surface area contributed by atoms with Crippen LogP contribution in [-0.2, 0) is 4.79 Å². The Hall–Kier alpha value is -0.610. The molecule has 0 aromatic heterocycles. The highest BCUT2D eigenvalue weighted by molar-refractivity contribution is 5.83. The molecule has 2 unspecified atom stereocenters. The minimum atomic E-state index is -0.0449. The molecule has 0 aromatic rings. The number of carbonyl (C=O) groups is 1. The van der Waals surface area contributed by atoms with Crippen molar-refractivity contribution in [3.8, 4) is 0 Å². The quantitative estimate of drug-likeness (QED) is 0.723. The molecule has 1 amide bonds.